The van der Waals surface area contributed by atoms with E-state index in [1.54, 1.807) is 12.1 Å². The highest BCUT2D eigenvalue weighted by Crippen LogP contribution is 2.30. The maximum atomic E-state index is 12.4. The van der Waals surface area contributed by atoms with Gasteiger partial charge in [0.2, 0.25) is 0 Å². The quantitative estimate of drug-likeness (QED) is 0.676. The Hall–Kier alpha value is -3.09. The summed E-state index contributed by atoms with van der Waals surface area (Å²) in [4.78, 5) is 22.8. The molecule has 0 saturated heterocycles. The Bertz CT molecular complexity index is 758. The first-order valence-corrected chi connectivity index (χ1v) is 6.75. The van der Waals surface area contributed by atoms with Gasteiger partial charge in [0.05, 0.1) is 24.7 Å². The minimum absolute atomic E-state index is 0.126. The fraction of sp³-hybridized carbons (Fsp3) is 0.188. The second-order valence-corrected chi connectivity index (χ2v) is 4.75. The van der Waals surface area contributed by atoms with Crippen LogP contribution in [0.15, 0.2) is 36.4 Å². The van der Waals surface area contributed by atoms with Gasteiger partial charge >= 0.3 is 5.69 Å². The number of rotatable bonds is 5. The summed E-state index contributed by atoms with van der Waals surface area (Å²) in [7, 11) is 2.83. The van der Waals surface area contributed by atoms with Crippen LogP contribution in [0, 0.1) is 17.0 Å². The minimum Gasteiger partial charge on any atom is -0.496 e. The summed E-state index contributed by atoms with van der Waals surface area (Å²) < 4.78 is 10.2. The largest absolute Gasteiger partial charge is 0.496 e. The molecule has 2 rings (SSSR count). The Balaban J connectivity index is 2.33. The number of benzene rings is 2. The molecular weight excluding hydrogens is 300 g/mol. The fourth-order valence-electron chi connectivity index (χ4n) is 2.21. The molecule has 2 aromatic carbocycles. The predicted molar refractivity (Wildman–Crippen MR) is 85.3 cm³/mol. The van der Waals surface area contributed by atoms with Gasteiger partial charge in [-0.2, -0.15) is 0 Å². The minimum atomic E-state index is -0.568. The zero-order valence-electron chi connectivity index (χ0n) is 13.0. The SMILES string of the molecule is COc1ccc(NC(=O)c2cccc(C)c2OC)cc1[N+](=O)[O-]. The van der Waals surface area contributed by atoms with Crippen LogP contribution in [0.4, 0.5) is 11.4 Å². The van der Waals surface area contributed by atoms with Gasteiger partial charge in [0.25, 0.3) is 5.91 Å². The summed E-state index contributed by atoms with van der Waals surface area (Å²) >= 11 is 0. The summed E-state index contributed by atoms with van der Waals surface area (Å²) in [6.45, 7) is 1.83. The summed E-state index contributed by atoms with van der Waals surface area (Å²) in [5.41, 5.74) is 1.25. The Morgan fingerprint density at radius 1 is 1.17 bits per heavy atom. The molecule has 0 fully saturated rings. The molecule has 0 radical (unpaired) electrons. The second-order valence-electron chi connectivity index (χ2n) is 4.75. The lowest BCUT2D eigenvalue weighted by molar-refractivity contribution is -0.385. The highest BCUT2D eigenvalue weighted by atomic mass is 16.6. The van der Waals surface area contributed by atoms with E-state index in [0.717, 1.165) is 5.56 Å². The number of carbonyl (C=O) groups is 1. The molecule has 0 aliphatic carbocycles. The normalized spacial score (nSPS) is 10.0. The molecule has 1 N–H and O–H groups in total. The number of hydrogen-bond acceptors (Lipinski definition) is 5. The van der Waals surface area contributed by atoms with Gasteiger partial charge in [0, 0.05) is 11.8 Å². The van der Waals surface area contributed by atoms with Crippen LogP contribution in [0.25, 0.3) is 0 Å². The number of ether oxygens (including phenoxy) is 2. The van der Waals surface area contributed by atoms with Crippen molar-refractivity contribution in [2.24, 2.45) is 0 Å². The van der Waals surface area contributed by atoms with Crippen molar-refractivity contribution >= 4 is 17.3 Å². The van der Waals surface area contributed by atoms with Gasteiger partial charge in [0.15, 0.2) is 5.75 Å². The molecule has 0 unspecified atom stereocenters. The van der Waals surface area contributed by atoms with Crippen molar-refractivity contribution in [3.8, 4) is 11.5 Å². The van der Waals surface area contributed by atoms with Crippen LogP contribution in [0.3, 0.4) is 0 Å². The third-order valence-electron chi connectivity index (χ3n) is 3.29. The summed E-state index contributed by atoms with van der Waals surface area (Å²) in [6.07, 6.45) is 0. The molecule has 0 aromatic heterocycles. The van der Waals surface area contributed by atoms with Crippen LogP contribution in [-0.4, -0.2) is 25.1 Å². The molecule has 0 heterocycles. The lowest BCUT2D eigenvalue weighted by atomic mass is 10.1. The van der Waals surface area contributed by atoms with Crippen molar-refractivity contribution in [2.75, 3.05) is 19.5 Å². The standard InChI is InChI=1S/C16H16N2O5/c1-10-5-4-6-12(15(10)23-3)16(19)17-11-7-8-14(22-2)13(9-11)18(20)21/h4-9H,1-3H3,(H,17,19). The first-order valence-electron chi connectivity index (χ1n) is 6.75. The van der Waals surface area contributed by atoms with Crippen molar-refractivity contribution in [2.45, 2.75) is 6.92 Å². The molecule has 0 saturated carbocycles. The number of methoxy groups -OCH3 is 2. The molecular formula is C16H16N2O5. The Morgan fingerprint density at radius 2 is 1.91 bits per heavy atom. The number of nitrogens with one attached hydrogen (secondary N) is 1. The molecule has 1 amide bonds. The van der Waals surface area contributed by atoms with Gasteiger partial charge in [-0.1, -0.05) is 12.1 Å². The van der Waals surface area contributed by atoms with Crippen LogP contribution in [0.5, 0.6) is 11.5 Å². The van der Waals surface area contributed by atoms with Gasteiger partial charge < -0.3 is 14.8 Å². The van der Waals surface area contributed by atoms with E-state index in [2.05, 4.69) is 5.32 Å². The van der Waals surface area contributed by atoms with Crippen molar-refractivity contribution in [3.05, 3.63) is 57.6 Å². The average molecular weight is 316 g/mol. The lowest BCUT2D eigenvalue weighted by Crippen LogP contribution is -2.14. The number of aryl methyl sites for hydroxylation is 1. The number of anilines is 1. The number of amides is 1. The number of para-hydroxylation sites is 1. The van der Waals surface area contributed by atoms with Crippen LogP contribution >= 0.6 is 0 Å². The average Bonchev–Trinajstić information content (AvgIpc) is 2.54. The van der Waals surface area contributed by atoms with E-state index in [4.69, 9.17) is 9.47 Å². The molecule has 0 spiro atoms. The second kappa shape index (κ2) is 6.78. The van der Waals surface area contributed by atoms with Crippen LogP contribution in [0.1, 0.15) is 15.9 Å². The molecule has 7 nitrogen and oxygen atoms in total. The number of nitrogens with zero attached hydrogens (tertiary/aromatic N) is 1. The summed E-state index contributed by atoms with van der Waals surface area (Å²) in [5, 5.41) is 13.7. The van der Waals surface area contributed by atoms with Gasteiger partial charge in [-0.25, -0.2) is 0 Å². The van der Waals surface area contributed by atoms with E-state index in [0.29, 0.717) is 17.0 Å². The van der Waals surface area contributed by atoms with Crippen LogP contribution in [-0.2, 0) is 0 Å². The van der Waals surface area contributed by atoms with Crippen molar-refractivity contribution < 1.29 is 19.2 Å². The molecule has 23 heavy (non-hydrogen) atoms. The molecule has 0 bridgehead atoms. The zero-order chi connectivity index (χ0) is 17.0. The van der Waals surface area contributed by atoms with E-state index in [1.165, 1.54) is 32.4 Å². The van der Waals surface area contributed by atoms with Crippen LogP contribution in [0.2, 0.25) is 0 Å². The maximum Gasteiger partial charge on any atom is 0.312 e. The Labute approximate surface area is 133 Å². The Kier molecular flexibility index (Phi) is 4.80. The van der Waals surface area contributed by atoms with E-state index < -0.39 is 10.8 Å². The molecule has 0 atom stereocenters. The maximum absolute atomic E-state index is 12.4. The molecule has 0 aliphatic rings. The van der Waals surface area contributed by atoms with Gasteiger partial charge in [-0.05, 0) is 30.7 Å². The first kappa shape index (κ1) is 16.3. The van der Waals surface area contributed by atoms with E-state index in [-0.39, 0.29) is 11.4 Å². The van der Waals surface area contributed by atoms with Gasteiger partial charge in [-0.3, -0.25) is 14.9 Å². The third kappa shape index (κ3) is 3.39. The smallest absolute Gasteiger partial charge is 0.312 e. The topological polar surface area (TPSA) is 90.7 Å². The number of nitro benzene ring substituents is 1. The van der Waals surface area contributed by atoms with E-state index >= 15 is 0 Å². The van der Waals surface area contributed by atoms with Crippen LogP contribution < -0.4 is 14.8 Å². The highest BCUT2D eigenvalue weighted by molar-refractivity contribution is 6.06. The van der Waals surface area contributed by atoms with Crippen molar-refractivity contribution in [1.29, 1.82) is 0 Å². The summed E-state index contributed by atoms with van der Waals surface area (Å²) in [6, 6.07) is 9.41. The predicted octanol–water partition coefficient (Wildman–Crippen LogP) is 3.17. The number of nitro groups is 1. The van der Waals surface area contributed by atoms with E-state index in [9.17, 15) is 14.9 Å². The van der Waals surface area contributed by atoms with Crippen molar-refractivity contribution in [3.63, 3.8) is 0 Å². The monoisotopic (exact) mass is 316 g/mol. The lowest BCUT2D eigenvalue weighted by Gasteiger charge is -2.12. The van der Waals surface area contributed by atoms with Gasteiger partial charge in [0.1, 0.15) is 5.75 Å². The molecule has 120 valence electrons. The molecule has 0 aliphatic heterocycles. The molecule has 2 aromatic rings. The zero-order valence-corrected chi connectivity index (χ0v) is 13.0. The highest BCUT2D eigenvalue weighted by Gasteiger charge is 2.18. The summed E-state index contributed by atoms with van der Waals surface area (Å²) in [5.74, 6) is 0.180. The molecule has 7 heteroatoms. The van der Waals surface area contributed by atoms with Gasteiger partial charge in [-0.15, -0.1) is 0 Å². The number of carbonyl (C=O) groups excluding carboxylic acids is 1. The first-order chi connectivity index (χ1) is 11.0. The van der Waals surface area contributed by atoms with E-state index in [1.807, 2.05) is 13.0 Å². The third-order valence-corrected chi connectivity index (χ3v) is 3.29. The fourth-order valence-corrected chi connectivity index (χ4v) is 2.21. The van der Waals surface area contributed by atoms with Crippen molar-refractivity contribution in [1.82, 2.24) is 0 Å². The number of hydrogen-bond donors (Lipinski definition) is 1. The Morgan fingerprint density at radius 3 is 2.52 bits per heavy atom.